The number of aliphatic hydroxyl groups excluding tert-OH is 1. The zero-order chi connectivity index (χ0) is 18.2. The minimum atomic E-state index is -0.259. The second kappa shape index (κ2) is 9.44. The van der Waals surface area contributed by atoms with Gasteiger partial charge in [-0.25, -0.2) is 0 Å². The van der Waals surface area contributed by atoms with Crippen molar-refractivity contribution in [2.45, 2.75) is 33.8 Å². The Morgan fingerprint density at radius 2 is 1.16 bits per heavy atom. The van der Waals surface area contributed by atoms with E-state index in [-0.39, 0.29) is 19.3 Å². The summed E-state index contributed by atoms with van der Waals surface area (Å²) < 4.78 is 17.7. The number of ether oxygens (including phenoxy) is 3. The number of aryl methyl sites for hydroxylation is 4. The van der Waals surface area contributed by atoms with Crippen LogP contribution < -0.4 is 9.47 Å². The van der Waals surface area contributed by atoms with Gasteiger partial charge < -0.3 is 19.3 Å². The van der Waals surface area contributed by atoms with Crippen LogP contribution >= 0.6 is 0 Å². The maximum absolute atomic E-state index is 9.06. The van der Waals surface area contributed by atoms with E-state index in [2.05, 4.69) is 0 Å². The number of benzene rings is 2. The fraction of sp³-hybridized carbons (Fsp3) is 0.429. The maximum atomic E-state index is 9.06. The topological polar surface area (TPSA) is 47.9 Å². The number of rotatable bonds is 9. The number of para-hydroxylation sites is 2. The van der Waals surface area contributed by atoms with Crippen LogP contribution in [-0.2, 0) is 4.74 Å². The van der Waals surface area contributed by atoms with Crippen LogP contribution in [0, 0.1) is 27.7 Å². The first-order valence-electron chi connectivity index (χ1n) is 8.63. The van der Waals surface area contributed by atoms with Crippen molar-refractivity contribution < 1.29 is 19.3 Å². The van der Waals surface area contributed by atoms with Gasteiger partial charge in [-0.3, -0.25) is 0 Å². The van der Waals surface area contributed by atoms with Gasteiger partial charge in [0.2, 0.25) is 0 Å². The van der Waals surface area contributed by atoms with Crippen molar-refractivity contribution in [3.63, 3.8) is 0 Å². The predicted octanol–water partition coefficient (Wildman–Crippen LogP) is 3.76. The average molecular weight is 344 g/mol. The van der Waals surface area contributed by atoms with Crippen LogP contribution in [0.4, 0.5) is 0 Å². The molecule has 0 atom stereocenters. The van der Waals surface area contributed by atoms with E-state index in [1.807, 2.05) is 64.1 Å². The van der Waals surface area contributed by atoms with E-state index >= 15 is 0 Å². The SMILES string of the molecule is Cc1cccc(C)c1OCC(COc1c(C)cccc1C)OCCO. The number of hydrogen-bond acceptors (Lipinski definition) is 4. The molecule has 0 amide bonds. The summed E-state index contributed by atoms with van der Waals surface area (Å²) in [5, 5.41) is 9.06. The summed E-state index contributed by atoms with van der Waals surface area (Å²) in [4.78, 5) is 0. The first kappa shape index (κ1) is 19.3. The lowest BCUT2D eigenvalue weighted by molar-refractivity contribution is -0.0210. The summed E-state index contributed by atoms with van der Waals surface area (Å²) in [6.07, 6.45) is -0.259. The first-order valence-corrected chi connectivity index (χ1v) is 8.63. The van der Waals surface area contributed by atoms with Crippen LogP contribution in [0.1, 0.15) is 22.3 Å². The Hall–Kier alpha value is -2.04. The highest BCUT2D eigenvalue weighted by Gasteiger charge is 2.15. The average Bonchev–Trinajstić information content (AvgIpc) is 2.57. The van der Waals surface area contributed by atoms with Gasteiger partial charge in [-0.2, -0.15) is 0 Å². The van der Waals surface area contributed by atoms with Gasteiger partial charge in [-0.15, -0.1) is 0 Å². The predicted molar refractivity (Wildman–Crippen MR) is 99.6 cm³/mol. The Morgan fingerprint density at radius 3 is 1.52 bits per heavy atom. The fourth-order valence-corrected chi connectivity index (χ4v) is 2.77. The van der Waals surface area contributed by atoms with Gasteiger partial charge in [-0.1, -0.05) is 36.4 Å². The highest BCUT2D eigenvalue weighted by molar-refractivity contribution is 5.40. The van der Waals surface area contributed by atoms with Gasteiger partial charge in [0, 0.05) is 0 Å². The first-order chi connectivity index (χ1) is 12.0. The molecule has 4 heteroatoms. The molecule has 0 unspecified atom stereocenters. The van der Waals surface area contributed by atoms with Gasteiger partial charge in [0.05, 0.1) is 13.2 Å². The summed E-state index contributed by atoms with van der Waals surface area (Å²) in [5.74, 6) is 1.76. The van der Waals surface area contributed by atoms with E-state index in [1.165, 1.54) is 0 Å². The minimum absolute atomic E-state index is 0.0245. The Balaban J connectivity index is 2.01. The van der Waals surface area contributed by atoms with Crippen molar-refractivity contribution in [3.05, 3.63) is 58.7 Å². The number of hydrogen-bond donors (Lipinski definition) is 1. The van der Waals surface area contributed by atoms with E-state index in [4.69, 9.17) is 19.3 Å². The highest BCUT2D eigenvalue weighted by Crippen LogP contribution is 2.24. The van der Waals surface area contributed by atoms with E-state index in [9.17, 15) is 0 Å². The lowest BCUT2D eigenvalue weighted by Crippen LogP contribution is -2.30. The summed E-state index contributed by atoms with van der Waals surface area (Å²) in [5.41, 5.74) is 4.38. The second-order valence-electron chi connectivity index (χ2n) is 6.28. The van der Waals surface area contributed by atoms with Gasteiger partial charge in [0.1, 0.15) is 30.8 Å². The summed E-state index contributed by atoms with van der Waals surface area (Å²) >= 11 is 0. The highest BCUT2D eigenvalue weighted by atomic mass is 16.6. The third kappa shape index (κ3) is 5.48. The van der Waals surface area contributed by atoms with Crippen molar-refractivity contribution in [1.29, 1.82) is 0 Å². The standard InChI is InChI=1S/C21H28O4/c1-15-7-5-8-16(2)20(15)24-13-19(23-12-11-22)14-25-21-17(3)9-6-10-18(21)4/h5-10,19,22H,11-14H2,1-4H3. The Kier molecular flexibility index (Phi) is 7.29. The van der Waals surface area contributed by atoms with Crippen LogP contribution in [0.25, 0.3) is 0 Å². The lowest BCUT2D eigenvalue weighted by Gasteiger charge is -2.21. The number of aliphatic hydroxyl groups is 1. The molecule has 25 heavy (non-hydrogen) atoms. The fourth-order valence-electron chi connectivity index (χ4n) is 2.77. The minimum Gasteiger partial charge on any atom is -0.490 e. The van der Waals surface area contributed by atoms with E-state index in [0.717, 1.165) is 33.8 Å². The van der Waals surface area contributed by atoms with E-state index in [1.54, 1.807) is 0 Å². The van der Waals surface area contributed by atoms with Crippen molar-refractivity contribution >= 4 is 0 Å². The Morgan fingerprint density at radius 1 is 0.760 bits per heavy atom. The van der Waals surface area contributed by atoms with Gasteiger partial charge >= 0.3 is 0 Å². The summed E-state index contributed by atoms with van der Waals surface area (Å²) in [6, 6.07) is 12.1. The largest absolute Gasteiger partial charge is 0.490 e. The quantitative estimate of drug-likeness (QED) is 0.752. The van der Waals surface area contributed by atoms with Crippen LogP contribution in [0.2, 0.25) is 0 Å². The van der Waals surface area contributed by atoms with Crippen LogP contribution in [0.5, 0.6) is 11.5 Å². The molecule has 0 bridgehead atoms. The molecule has 0 aliphatic carbocycles. The van der Waals surface area contributed by atoms with Crippen molar-refractivity contribution in [2.75, 3.05) is 26.4 Å². The molecule has 0 fully saturated rings. The molecule has 0 radical (unpaired) electrons. The Labute approximate surface area is 150 Å². The van der Waals surface area contributed by atoms with Crippen molar-refractivity contribution in [2.24, 2.45) is 0 Å². The molecule has 4 nitrogen and oxygen atoms in total. The molecule has 0 saturated carbocycles. The van der Waals surface area contributed by atoms with Crippen LogP contribution in [-0.4, -0.2) is 37.6 Å². The zero-order valence-corrected chi connectivity index (χ0v) is 15.5. The molecule has 0 heterocycles. The molecular weight excluding hydrogens is 316 g/mol. The molecule has 0 aliphatic heterocycles. The zero-order valence-electron chi connectivity index (χ0n) is 15.5. The molecule has 136 valence electrons. The van der Waals surface area contributed by atoms with Crippen molar-refractivity contribution in [3.8, 4) is 11.5 Å². The summed E-state index contributed by atoms with van der Waals surface area (Å²) in [6.45, 7) is 9.09. The molecule has 2 rings (SSSR count). The van der Waals surface area contributed by atoms with Gasteiger partial charge in [0.25, 0.3) is 0 Å². The van der Waals surface area contributed by atoms with Gasteiger partial charge in [0.15, 0.2) is 0 Å². The molecule has 2 aromatic rings. The molecule has 0 aromatic heterocycles. The monoisotopic (exact) mass is 344 g/mol. The lowest BCUT2D eigenvalue weighted by atomic mass is 10.1. The molecule has 0 aliphatic rings. The molecule has 0 saturated heterocycles. The second-order valence-corrected chi connectivity index (χ2v) is 6.28. The van der Waals surface area contributed by atoms with Crippen LogP contribution in [0.3, 0.4) is 0 Å². The Bertz CT molecular complexity index is 586. The normalized spacial score (nSPS) is 11.0. The molecule has 2 aromatic carbocycles. The van der Waals surface area contributed by atoms with Crippen molar-refractivity contribution in [1.82, 2.24) is 0 Å². The van der Waals surface area contributed by atoms with E-state index < -0.39 is 0 Å². The summed E-state index contributed by atoms with van der Waals surface area (Å²) in [7, 11) is 0. The third-order valence-corrected chi connectivity index (χ3v) is 4.09. The molecule has 0 spiro atoms. The van der Waals surface area contributed by atoms with Crippen LogP contribution in [0.15, 0.2) is 36.4 Å². The third-order valence-electron chi connectivity index (χ3n) is 4.09. The maximum Gasteiger partial charge on any atom is 0.125 e. The smallest absolute Gasteiger partial charge is 0.125 e. The molecule has 1 N–H and O–H groups in total. The van der Waals surface area contributed by atoms with Gasteiger partial charge in [-0.05, 0) is 49.9 Å². The van der Waals surface area contributed by atoms with E-state index in [0.29, 0.717) is 13.2 Å². The molecular formula is C21H28O4.